The summed E-state index contributed by atoms with van der Waals surface area (Å²) in [5, 5.41) is 1.03. The first-order valence-corrected chi connectivity index (χ1v) is 9.81. The third-order valence-corrected chi connectivity index (χ3v) is 4.98. The molecule has 0 N–H and O–H groups in total. The van der Waals surface area contributed by atoms with E-state index in [2.05, 4.69) is 0 Å². The van der Waals surface area contributed by atoms with Crippen molar-refractivity contribution in [3.8, 4) is 28.6 Å². The molecule has 0 aliphatic carbocycles. The average molecular weight is 439 g/mol. The van der Waals surface area contributed by atoms with Crippen molar-refractivity contribution in [3.63, 3.8) is 0 Å². The van der Waals surface area contributed by atoms with Crippen LogP contribution in [0.5, 0.6) is 17.2 Å². The number of hydrogen-bond acceptors (Lipinski definition) is 4. The zero-order valence-electron chi connectivity index (χ0n) is 15.9. The fourth-order valence-corrected chi connectivity index (χ4v) is 3.29. The molecule has 0 saturated heterocycles. The molecule has 0 amide bonds. The molecule has 1 aromatic heterocycles. The van der Waals surface area contributed by atoms with E-state index in [1.807, 2.05) is 18.2 Å². The van der Waals surface area contributed by atoms with Gasteiger partial charge in [0.15, 0.2) is 5.76 Å². The van der Waals surface area contributed by atoms with E-state index in [1.165, 1.54) is 0 Å². The van der Waals surface area contributed by atoms with Crippen LogP contribution in [0.4, 0.5) is 0 Å². The summed E-state index contributed by atoms with van der Waals surface area (Å²) in [6.45, 7) is 0. The molecule has 0 fully saturated rings. The van der Waals surface area contributed by atoms with Gasteiger partial charge in [0.05, 0.1) is 12.1 Å². The number of carbonyl (C=O) groups is 1. The minimum absolute atomic E-state index is 0.211. The Bertz CT molecular complexity index is 1200. The lowest BCUT2D eigenvalue weighted by Gasteiger charge is -2.07. The van der Waals surface area contributed by atoms with Crippen LogP contribution in [-0.2, 0) is 0 Å². The fourth-order valence-electron chi connectivity index (χ4n) is 2.91. The monoisotopic (exact) mass is 438 g/mol. The largest absolute Gasteiger partial charge is 0.497 e. The number of ether oxygens (including phenoxy) is 2. The Morgan fingerprint density at radius 1 is 0.833 bits per heavy atom. The number of halogens is 2. The first kappa shape index (κ1) is 20.1. The fraction of sp³-hybridized carbons (Fsp3) is 0.0417. The van der Waals surface area contributed by atoms with Crippen molar-refractivity contribution in [1.29, 1.82) is 0 Å². The molecule has 1 heterocycles. The maximum Gasteiger partial charge on any atom is 0.228 e. The van der Waals surface area contributed by atoms with Crippen LogP contribution in [-0.4, -0.2) is 12.9 Å². The maximum atomic E-state index is 12.8. The van der Waals surface area contributed by atoms with Crippen LogP contribution >= 0.6 is 23.2 Å². The van der Waals surface area contributed by atoms with Gasteiger partial charge in [-0.25, -0.2) is 0 Å². The molecule has 0 radical (unpaired) electrons. The Morgan fingerprint density at radius 3 is 2.37 bits per heavy atom. The highest BCUT2D eigenvalue weighted by Crippen LogP contribution is 2.32. The number of ketones is 1. The number of rotatable bonds is 6. The first-order chi connectivity index (χ1) is 14.5. The molecule has 4 nitrogen and oxygen atoms in total. The van der Waals surface area contributed by atoms with E-state index in [0.717, 1.165) is 0 Å². The molecule has 0 aliphatic rings. The highest BCUT2D eigenvalue weighted by molar-refractivity contribution is 6.35. The van der Waals surface area contributed by atoms with Crippen molar-refractivity contribution in [1.82, 2.24) is 0 Å². The Kier molecular flexibility index (Phi) is 5.79. The van der Waals surface area contributed by atoms with Crippen LogP contribution in [0.25, 0.3) is 11.3 Å². The van der Waals surface area contributed by atoms with E-state index in [-0.39, 0.29) is 11.5 Å². The van der Waals surface area contributed by atoms with Crippen molar-refractivity contribution in [2.24, 2.45) is 0 Å². The number of furan rings is 1. The molecule has 150 valence electrons. The van der Waals surface area contributed by atoms with Crippen molar-refractivity contribution in [3.05, 3.63) is 100 Å². The summed E-state index contributed by atoms with van der Waals surface area (Å²) >= 11 is 12.2. The van der Waals surface area contributed by atoms with E-state index in [4.69, 9.17) is 37.1 Å². The standard InChI is InChI=1S/C24H16Cl2O4/c1-28-18-3-2-4-19(14-18)29-17-8-5-15(6-9-17)24(27)23-12-11-22(30-23)20-13-16(25)7-10-21(20)26/h2-14H,1H3. The number of carbonyl (C=O) groups excluding carboxylic acids is 1. The van der Waals surface area contributed by atoms with E-state index in [0.29, 0.717) is 44.2 Å². The molecule has 0 bridgehead atoms. The Labute approximate surface area is 183 Å². The second-order valence-corrected chi connectivity index (χ2v) is 7.27. The second kappa shape index (κ2) is 8.66. The van der Waals surface area contributed by atoms with Gasteiger partial charge in [-0.05, 0) is 66.7 Å². The molecule has 3 aromatic carbocycles. The molecule has 0 aliphatic heterocycles. The SMILES string of the molecule is COc1cccc(Oc2ccc(C(=O)c3ccc(-c4cc(Cl)ccc4Cl)o3)cc2)c1. The van der Waals surface area contributed by atoms with E-state index in [9.17, 15) is 4.79 Å². The average Bonchev–Trinajstić information content (AvgIpc) is 3.25. The predicted molar refractivity (Wildman–Crippen MR) is 117 cm³/mol. The Hall–Kier alpha value is -3.21. The van der Waals surface area contributed by atoms with Crippen LogP contribution in [0.2, 0.25) is 10.0 Å². The van der Waals surface area contributed by atoms with Gasteiger partial charge in [0.1, 0.15) is 23.0 Å². The van der Waals surface area contributed by atoms with E-state index >= 15 is 0 Å². The lowest BCUT2D eigenvalue weighted by Crippen LogP contribution is -1.99. The molecule has 0 saturated carbocycles. The molecule has 4 aromatic rings. The van der Waals surface area contributed by atoms with Gasteiger partial charge in [0, 0.05) is 22.2 Å². The summed E-state index contributed by atoms with van der Waals surface area (Å²) in [6.07, 6.45) is 0. The lowest BCUT2D eigenvalue weighted by molar-refractivity contribution is 0.101. The summed E-state index contributed by atoms with van der Waals surface area (Å²) < 4.78 is 16.7. The third kappa shape index (κ3) is 4.35. The molecule has 6 heteroatoms. The Balaban J connectivity index is 1.51. The summed E-state index contributed by atoms with van der Waals surface area (Å²) in [6, 6.07) is 22.5. The zero-order valence-corrected chi connectivity index (χ0v) is 17.4. The minimum Gasteiger partial charge on any atom is -0.497 e. The van der Waals surface area contributed by atoms with Crippen LogP contribution < -0.4 is 9.47 Å². The highest BCUT2D eigenvalue weighted by Gasteiger charge is 2.16. The molecule has 0 atom stereocenters. The molecule has 0 unspecified atom stereocenters. The third-order valence-electron chi connectivity index (χ3n) is 4.42. The normalized spacial score (nSPS) is 10.6. The number of methoxy groups -OCH3 is 1. The summed E-state index contributed by atoms with van der Waals surface area (Å²) in [4.78, 5) is 12.8. The van der Waals surface area contributed by atoms with Crippen molar-refractivity contribution < 1.29 is 18.7 Å². The van der Waals surface area contributed by atoms with Gasteiger partial charge in [-0.15, -0.1) is 0 Å². The lowest BCUT2D eigenvalue weighted by atomic mass is 10.1. The van der Waals surface area contributed by atoms with Crippen molar-refractivity contribution >= 4 is 29.0 Å². The van der Waals surface area contributed by atoms with Gasteiger partial charge in [0.2, 0.25) is 5.78 Å². The quantitative estimate of drug-likeness (QED) is 0.296. The smallest absolute Gasteiger partial charge is 0.228 e. The van der Waals surface area contributed by atoms with Crippen molar-refractivity contribution in [2.75, 3.05) is 7.11 Å². The van der Waals surface area contributed by atoms with Gasteiger partial charge in [0.25, 0.3) is 0 Å². The van der Waals surface area contributed by atoms with Crippen LogP contribution in [0.1, 0.15) is 16.1 Å². The van der Waals surface area contributed by atoms with Crippen LogP contribution in [0.3, 0.4) is 0 Å². The maximum absolute atomic E-state index is 12.8. The highest BCUT2D eigenvalue weighted by atomic mass is 35.5. The van der Waals surface area contributed by atoms with E-state index < -0.39 is 0 Å². The predicted octanol–water partition coefficient (Wildman–Crippen LogP) is 7.29. The van der Waals surface area contributed by atoms with Crippen molar-refractivity contribution in [2.45, 2.75) is 0 Å². The molecule has 4 rings (SSSR count). The second-order valence-electron chi connectivity index (χ2n) is 6.42. The van der Waals surface area contributed by atoms with Gasteiger partial charge in [-0.1, -0.05) is 29.3 Å². The molecular formula is C24H16Cl2O4. The van der Waals surface area contributed by atoms with Crippen LogP contribution in [0, 0.1) is 0 Å². The summed E-state index contributed by atoms with van der Waals surface area (Å²) in [5.74, 6) is 2.39. The van der Waals surface area contributed by atoms with Gasteiger partial charge >= 0.3 is 0 Å². The minimum atomic E-state index is -0.243. The molecule has 30 heavy (non-hydrogen) atoms. The van der Waals surface area contributed by atoms with Gasteiger partial charge in [-0.3, -0.25) is 4.79 Å². The Morgan fingerprint density at radius 2 is 1.60 bits per heavy atom. The molecular weight excluding hydrogens is 423 g/mol. The number of hydrogen-bond donors (Lipinski definition) is 0. The summed E-state index contributed by atoms with van der Waals surface area (Å²) in [5.41, 5.74) is 1.11. The zero-order chi connectivity index (χ0) is 21.1. The summed E-state index contributed by atoms with van der Waals surface area (Å²) in [7, 11) is 1.60. The topological polar surface area (TPSA) is 48.7 Å². The number of benzene rings is 3. The van der Waals surface area contributed by atoms with Crippen LogP contribution in [0.15, 0.2) is 83.3 Å². The van der Waals surface area contributed by atoms with E-state index in [1.54, 1.807) is 67.8 Å². The molecule has 0 spiro atoms. The van der Waals surface area contributed by atoms with Gasteiger partial charge < -0.3 is 13.9 Å². The van der Waals surface area contributed by atoms with Gasteiger partial charge in [-0.2, -0.15) is 0 Å². The first-order valence-electron chi connectivity index (χ1n) is 9.05.